The summed E-state index contributed by atoms with van der Waals surface area (Å²) >= 11 is 1.34. The zero-order chi connectivity index (χ0) is 27.5. The van der Waals surface area contributed by atoms with Crippen molar-refractivity contribution in [3.8, 4) is 16.2 Å². The molecule has 0 aliphatic heterocycles. The first-order valence-electron chi connectivity index (χ1n) is 12.6. The molecule has 2 heterocycles. The summed E-state index contributed by atoms with van der Waals surface area (Å²) < 4.78 is 56.9. The van der Waals surface area contributed by atoms with Crippen molar-refractivity contribution in [3.05, 3.63) is 53.9 Å². The molecule has 3 N–H and O–H groups in total. The van der Waals surface area contributed by atoms with Crippen LogP contribution in [0.3, 0.4) is 0 Å². The molecule has 210 valence electrons. The van der Waals surface area contributed by atoms with Crippen LogP contribution in [-0.2, 0) is 22.4 Å². The summed E-state index contributed by atoms with van der Waals surface area (Å²) in [7, 11) is 1.55. The lowest BCUT2D eigenvalue weighted by Gasteiger charge is -2.13. The monoisotopic (exact) mass is 564 g/mol. The van der Waals surface area contributed by atoms with Crippen LogP contribution < -0.4 is 15.4 Å². The summed E-state index contributed by atoms with van der Waals surface area (Å²) in [6.45, 7) is 3.39. The van der Waals surface area contributed by atoms with Crippen LogP contribution in [0.25, 0.3) is 21.3 Å². The van der Waals surface area contributed by atoms with Crippen LogP contribution in [0.1, 0.15) is 24.0 Å². The molecule has 0 unspecified atom stereocenters. The van der Waals surface area contributed by atoms with Crippen molar-refractivity contribution in [3.63, 3.8) is 0 Å². The highest BCUT2D eigenvalue weighted by Gasteiger charge is 2.31. The second kappa shape index (κ2) is 14.2. The number of fused-ring (bicyclic) bond motifs is 1. The van der Waals surface area contributed by atoms with E-state index in [1.54, 1.807) is 19.5 Å². The van der Waals surface area contributed by atoms with Gasteiger partial charge in [-0.2, -0.15) is 5.10 Å². The number of hydrogen-bond donors (Lipinski definition) is 3. The first-order chi connectivity index (χ1) is 18.9. The third-order valence-corrected chi connectivity index (χ3v) is 6.56. The number of anilines is 1. The Morgan fingerprint density at radius 3 is 2.64 bits per heavy atom. The maximum Gasteiger partial charge on any atom is 0.573 e. The number of aromatic amines is 1. The fourth-order valence-corrected chi connectivity index (χ4v) is 4.57. The van der Waals surface area contributed by atoms with Crippen LogP contribution in [-0.4, -0.2) is 66.2 Å². The van der Waals surface area contributed by atoms with Gasteiger partial charge < -0.3 is 24.8 Å². The van der Waals surface area contributed by atoms with Crippen molar-refractivity contribution in [2.75, 3.05) is 45.3 Å². The summed E-state index contributed by atoms with van der Waals surface area (Å²) in [5.74, 6) is -0.212. The quantitative estimate of drug-likeness (QED) is 0.160. The van der Waals surface area contributed by atoms with Crippen molar-refractivity contribution in [2.24, 2.45) is 0 Å². The van der Waals surface area contributed by atoms with Crippen LogP contribution in [0.4, 0.5) is 18.9 Å². The molecule has 4 rings (SSSR count). The van der Waals surface area contributed by atoms with E-state index >= 15 is 0 Å². The van der Waals surface area contributed by atoms with Crippen molar-refractivity contribution in [2.45, 2.75) is 32.2 Å². The lowest BCUT2D eigenvalue weighted by molar-refractivity contribution is -0.274. The predicted molar refractivity (Wildman–Crippen MR) is 144 cm³/mol. The lowest BCUT2D eigenvalue weighted by Crippen LogP contribution is -2.19. The highest BCUT2D eigenvalue weighted by atomic mass is 32.1. The molecule has 0 fully saturated rings. The summed E-state index contributed by atoms with van der Waals surface area (Å²) in [5.41, 5.74) is 4.38. The van der Waals surface area contributed by atoms with E-state index in [-0.39, 0.29) is 5.75 Å². The number of rotatable bonds is 16. The van der Waals surface area contributed by atoms with Crippen LogP contribution in [0.5, 0.6) is 5.75 Å². The van der Waals surface area contributed by atoms with Gasteiger partial charge in [0.15, 0.2) is 0 Å². The first-order valence-corrected chi connectivity index (χ1v) is 13.3. The number of hydrogen-bond acceptors (Lipinski definition) is 9. The van der Waals surface area contributed by atoms with E-state index in [0.29, 0.717) is 39.3 Å². The van der Waals surface area contributed by atoms with E-state index in [4.69, 9.17) is 9.47 Å². The van der Waals surface area contributed by atoms with E-state index in [1.807, 2.05) is 12.1 Å². The Balaban J connectivity index is 1.14. The second-order valence-electron chi connectivity index (χ2n) is 8.84. The summed E-state index contributed by atoms with van der Waals surface area (Å²) in [5, 5.41) is 18.8. The minimum absolute atomic E-state index is 0.212. The Morgan fingerprint density at radius 1 is 0.974 bits per heavy atom. The smallest absolute Gasteiger partial charge is 0.406 e. The van der Waals surface area contributed by atoms with Crippen LogP contribution in [0.2, 0.25) is 0 Å². The molecule has 2 aromatic carbocycles. The zero-order valence-corrected chi connectivity index (χ0v) is 22.3. The van der Waals surface area contributed by atoms with E-state index in [2.05, 4.69) is 41.2 Å². The molecule has 0 radical (unpaired) electrons. The number of unbranched alkanes of at least 4 members (excludes halogenated alkanes) is 1. The minimum Gasteiger partial charge on any atom is -0.406 e. The van der Waals surface area contributed by atoms with Gasteiger partial charge in [0.1, 0.15) is 5.75 Å². The number of ether oxygens (including phenoxy) is 3. The molecule has 4 aromatic rings. The summed E-state index contributed by atoms with van der Waals surface area (Å²) in [4.78, 5) is 0.980. The maximum atomic E-state index is 12.7. The predicted octanol–water partition coefficient (Wildman–Crippen LogP) is 5.17. The van der Waals surface area contributed by atoms with Crippen molar-refractivity contribution >= 4 is 28.1 Å². The SMILES string of the molecule is COCCc1cc(CNCCCCOCCNc2cc(-c3cnns3)cc3[nH]ncc23)cc(OC(F)(F)F)c1. The lowest BCUT2D eigenvalue weighted by atomic mass is 10.1. The fourth-order valence-electron chi connectivity index (χ4n) is 4.07. The second-order valence-corrected chi connectivity index (χ2v) is 9.62. The van der Waals surface area contributed by atoms with Crippen LogP contribution >= 0.6 is 11.5 Å². The van der Waals surface area contributed by atoms with Gasteiger partial charge in [-0.1, -0.05) is 10.6 Å². The van der Waals surface area contributed by atoms with E-state index in [0.717, 1.165) is 57.5 Å². The van der Waals surface area contributed by atoms with Gasteiger partial charge in [-0.15, -0.1) is 18.3 Å². The molecule has 0 atom stereocenters. The third-order valence-electron chi connectivity index (χ3n) is 5.84. The number of aromatic nitrogens is 4. The molecule has 0 saturated heterocycles. The molecule has 0 amide bonds. The largest absolute Gasteiger partial charge is 0.573 e. The van der Waals surface area contributed by atoms with E-state index in [1.165, 1.54) is 23.7 Å². The molecular formula is C26H31F3N6O3S. The Hall–Kier alpha value is -3.26. The Morgan fingerprint density at radius 2 is 1.85 bits per heavy atom. The number of methoxy groups -OCH3 is 1. The molecule has 0 aliphatic carbocycles. The number of benzene rings is 2. The van der Waals surface area contributed by atoms with Gasteiger partial charge in [0.05, 0.1) is 36.0 Å². The van der Waals surface area contributed by atoms with Crippen molar-refractivity contribution < 1.29 is 27.4 Å². The fraction of sp³-hybridized carbons (Fsp3) is 0.423. The molecule has 0 bridgehead atoms. The van der Waals surface area contributed by atoms with E-state index < -0.39 is 6.36 Å². The maximum absolute atomic E-state index is 12.7. The molecule has 9 nitrogen and oxygen atoms in total. The Labute approximate surface area is 228 Å². The third kappa shape index (κ3) is 9.17. The molecule has 0 aliphatic rings. The highest BCUT2D eigenvalue weighted by Crippen LogP contribution is 2.31. The van der Waals surface area contributed by atoms with Crippen LogP contribution in [0.15, 0.2) is 42.7 Å². The topological polar surface area (TPSA) is 106 Å². The number of halogens is 3. The average molecular weight is 565 g/mol. The number of nitrogens with zero attached hydrogens (tertiary/aromatic N) is 3. The molecule has 0 saturated carbocycles. The first kappa shape index (κ1) is 28.7. The van der Waals surface area contributed by atoms with Gasteiger partial charge in [-0.05, 0) is 78.3 Å². The summed E-state index contributed by atoms with van der Waals surface area (Å²) in [6, 6.07) is 8.76. The van der Waals surface area contributed by atoms with Gasteiger partial charge >= 0.3 is 6.36 Å². The Bertz CT molecular complexity index is 1300. The average Bonchev–Trinajstić information content (AvgIpc) is 3.60. The van der Waals surface area contributed by atoms with Gasteiger partial charge in [-0.25, -0.2) is 0 Å². The zero-order valence-electron chi connectivity index (χ0n) is 21.5. The van der Waals surface area contributed by atoms with Gasteiger partial charge in [-0.3, -0.25) is 5.10 Å². The molecular weight excluding hydrogens is 533 g/mol. The van der Waals surface area contributed by atoms with E-state index in [9.17, 15) is 13.2 Å². The standard InChI is InChI=1S/C26H31F3N6O3S/c1-36-8-4-18-10-19(12-21(11-18)38-26(27,28)29)15-30-5-2-3-7-37-9-6-31-23-13-20(25-17-33-35-39-25)14-24-22(23)16-32-34-24/h10-14,16-17,30-31H,2-9,15H2,1H3,(H,32,34). The van der Waals surface area contributed by atoms with Gasteiger partial charge in [0.2, 0.25) is 0 Å². The van der Waals surface area contributed by atoms with Crippen LogP contribution in [0, 0.1) is 0 Å². The van der Waals surface area contributed by atoms with Crippen molar-refractivity contribution in [1.82, 2.24) is 25.1 Å². The minimum atomic E-state index is -4.73. The number of alkyl halides is 3. The Kier molecular flexibility index (Phi) is 10.5. The van der Waals surface area contributed by atoms with Gasteiger partial charge in [0.25, 0.3) is 0 Å². The highest BCUT2D eigenvalue weighted by molar-refractivity contribution is 7.09. The number of nitrogens with one attached hydrogen (secondary N) is 3. The van der Waals surface area contributed by atoms with Crippen molar-refractivity contribution in [1.29, 1.82) is 0 Å². The van der Waals surface area contributed by atoms with Gasteiger partial charge in [0, 0.05) is 37.9 Å². The molecule has 0 spiro atoms. The summed E-state index contributed by atoms with van der Waals surface area (Å²) in [6.07, 6.45) is 1.05. The number of H-pyrrole nitrogens is 1. The normalized spacial score (nSPS) is 11.8. The molecule has 2 aromatic heterocycles. The molecule has 13 heteroatoms. The molecule has 39 heavy (non-hydrogen) atoms.